The van der Waals surface area contributed by atoms with Crippen molar-refractivity contribution >= 4 is 11.8 Å². The van der Waals surface area contributed by atoms with E-state index in [9.17, 15) is 0 Å². The zero-order valence-corrected chi connectivity index (χ0v) is 14.1. The van der Waals surface area contributed by atoms with E-state index >= 15 is 0 Å². The van der Waals surface area contributed by atoms with Crippen LogP contribution in [0.2, 0.25) is 0 Å². The highest BCUT2D eigenvalue weighted by Gasteiger charge is 2.20. The first-order valence-corrected chi connectivity index (χ1v) is 9.99. The number of rotatable bonds is 7. The van der Waals surface area contributed by atoms with Crippen LogP contribution in [0, 0.1) is 0 Å². The maximum atomic E-state index is 3.82. The molecule has 1 N–H and O–H groups in total. The van der Waals surface area contributed by atoms with Gasteiger partial charge < -0.3 is 5.32 Å². The lowest BCUT2D eigenvalue weighted by molar-refractivity contribution is 0.553. The van der Waals surface area contributed by atoms with Crippen LogP contribution in [0.4, 0.5) is 0 Å². The van der Waals surface area contributed by atoms with Crippen molar-refractivity contribution in [3.63, 3.8) is 0 Å². The minimum absolute atomic E-state index is 0.652. The second-order valence-electron chi connectivity index (χ2n) is 6.48. The highest BCUT2D eigenvalue weighted by molar-refractivity contribution is 7.99. The third-order valence-corrected chi connectivity index (χ3v) is 6.18. The van der Waals surface area contributed by atoms with Gasteiger partial charge in [-0.1, -0.05) is 44.3 Å². The zero-order chi connectivity index (χ0) is 14.0. The molecule has 0 aromatic rings. The van der Waals surface area contributed by atoms with Gasteiger partial charge in [-0.05, 0) is 51.5 Å². The molecule has 1 fully saturated rings. The van der Waals surface area contributed by atoms with E-state index in [1.165, 1.54) is 82.9 Å². The van der Waals surface area contributed by atoms with Gasteiger partial charge in [-0.3, -0.25) is 0 Å². The number of hydrogen-bond acceptors (Lipinski definition) is 2. The fourth-order valence-corrected chi connectivity index (χ4v) is 4.90. The summed E-state index contributed by atoms with van der Waals surface area (Å²) in [5, 5.41) is 4.78. The van der Waals surface area contributed by atoms with Gasteiger partial charge in [0.1, 0.15) is 0 Å². The molecule has 0 aromatic carbocycles. The maximum absolute atomic E-state index is 3.82. The first kappa shape index (κ1) is 16.4. The zero-order valence-electron chi connectivity index (χ0n) is 13.3. The van der Waals surface area contributed by atoms with E-state index < -0.39 is 0 Å². The molecule has 20 heavy (non-hydrogen) atoms. The Bertz CT molecular complexity index is 281. The van der Waals surface area contributed by atoms with E-state index in [2.05, 4.69) is 30.1 Å². The lowest BCUT2D eigenvalue weighted by Gasteiger charge is -2.24. The SMILES string of the molecule is CCCNC(CSC1CCCC1)C1=CCCCCCC1. The number of nitrogens with one attached hydrogen (secondary N) is 1. The van der Waals surface area contributed by atoms with Crippen LogP contribution in [0.3, 0.4) is 0 Å². The van der Waals surface area contributed by atoms with Crippen LogP contribution < -0.4 is 5.32 Å². The van der Waals surface area contributed by atoms with Crippen molar-refractivity contribution < 1.29 is 0 Å². The molecule has 2 heteroatoms. The Morgan fingerprint density at radius 2 is 1.95 bits per heavy atom. The molecular weight excluding hydrogens is 262 g/mol. The summed E-state index contributed by atoms with van der Waals surface area (Å²) in [6.07, 6.45) is 18.0. The highest BCUT2D eigenvalue weighted by atomic mass is 32.2. The molecule has 1 unspecified atom stereocenters. The number of allylic oxidation sites excluding steroid dienone is 1. The molecule has 1 atom stereocenters. The van der Waals surface area contributed by atoms with Crippen LogP contribution in [-0.4, -0.2) is 23.6 Å². The molecule has 0 saturated heterocycles. The molecule has 0 aliphatic heterocycles. The van der Waals surface area contributed by atoms with Crippen molar-refractivity contribution in [3.8, 4) is 0 Å². The Hall–Kier alpha value is 0.0500. The smallest absolute Gasteiger partial charge is 0.0370 e. The molecule has 0 bridgehead atoms. The summed E-state index contributed by atoms with van der Waals surface area (Å²) >= 11 is 2.24. The van der Waals surface area contributed by atoms with E-state index in [1.807, 2.05) is 0 Å². The van der Waals surface area contributed by atoms with Crippen LogP contribution in [0.5, 0.6) is 0 Å². The van der Waals surface area contributed by atoms with Crippen molar-refractivity contribution in [1.29, 1.82) is 0 Å². The molecular formula is C18H33NS. The fourth-order valence-electron chi connectivity index (χ4n) is 3.44. The topological polar surface area (TPSA) is 12.0 Å². The molecule has 0 radical (unpaired) electrons. The van der Waals surface area contributed by atoms with E-state index in [0.29, 0.717) is 6.04 Å². The van der Waals surface area contributed by atoms with Crippen molar-refractivity contribution in [2.45, 2.75) is 88.8 Å². The van der Waals surface area contributed by atoms with E-state index in [1.54, 1.807) is 5.57 Å². The third kappa shape index (κ3) is 5.81. The summed E-state index contributed by atoms with van der Waals surface area (Å²) in [7, 11) is 0. The lowest BCUT2D eigenvalue weighted by Crippen LogP contribution is -2.34. The maximum Gasteiger partial charge on any atom is 0.0370 e. The van der Waals surface area contributed by atoms with E-state index in [4.69, 9.17) is 0 Å². The average Bonchev–Trinajstić information content (AvgIpc) is 2.93. The normalized spacial score (nSPS) is 23.1. The molecule has 2 aliphatic rings. The van der Waals surface area contributed by atoms with Gasteiger partial charge in [-0.2, -0.15) is 11.8 Å². The third-order valence-electron chi connectivity index (χ3n) is 4.72. The van der Waals surface area contributed by atoms with E-state index in [0.717, 1.165) is 5.25 Å². The summed E-state index contributed by atoms with van der Waals surface area (Å²) in [4.78, 5) is 0. The number of thioether (sulfide) groups is 1. The Morgan fingerprint density at radius 1 is 1.15 bits per heavy atom. The molecule has 0 amide bonds. The largest absolute Gasteiger partial charge is 0.310 e. The van der Waals surface area contributed by atoms with Gasteiger partial charge in [-0.25, -0.2) is 0 Å². The predicted molar refractivity (Wildman–Crippen MR) is 92.6 cm³/mol. The van der Waals surface area contributed by atoms with Crippen LogP contribution in [0.1, 0.15) is 77.6 Å². The second kappa shape index (κ2) is 9.89. The minimum atomic E-state index is 0.652. The first-order chi connectivity index (χ1) is 9.90. The van der Waals surface area contributed by atoms with Crippen LogP contribution in [0.25, 0.3) is 0 Å². The van der Waals surface area contributed by atoms with Gasteiger partial charge >= 0.3 is 0 Å². The molecule has 1 saturated carbocycles. The van der Waals surface area contributed by atoms with Crippen molar-refractivity contribution in [2.75, 3.05) is 12.3 Å². The molecule has 2 aliphatic carbocycles. The standard InChI is InChI=1S/C18H33NS/c1-2-14-19-18(15-20-17-12-8-9-13-17)16-10-6-4-3-5-7-11-16/h10,17-19H,2-9,11-15H2,1H3. The second-order valence-corrected chi connectivity index (χ2v) is 7.81. The summed E-state index contributed by atoms with van der Waals surface area (Å²) in [5.74, 6) is 1.30. The summed E-state index contributed by atoms with van der Waals surface area (Å²) in [6, 6.07) is 0.652. The summed E-state index contributed by atoms with van der Waals surface area (Å²) in [6.45, 7) is 3.45. The van der Waals surface area contributed by atoms with E-state index in [-0.39, 0.29) is 0 Å². The Kier molecular flexibility index (Phi) is 8.12. The average molecular weight is 296 g/mol. The monoisotopic (exact) mass is 295 g/mol. The molecule has 0 heterocycles. The fraction of sp³-hybridized carbons (Fsp3) is 0.889. The first-order valence-electron chi connectivity index (χ1n) is 8.94. The minimum Gasteiger partial charge on any atom is -0.310 e. The summed E-state index contributed by atoms with van der Waals surface area (Å²) < 4.78 is 0. The highest BCUT2D eigenvalue weighted by Crippen LogP contribution is 2.31. The van der Waals surface area contributed by atoms with Gasteiger partial charge in [0.2, 0.25) is 0 Å². The van der Waals surface area contributed by atoms with Crippen molar-refractivity contribution in [2.24, 2.45) is 0 Å². The Morgan fingerprint density at radius 3 is 2.75 bits per heavy atom. The molecule has 2 rings (SSSR count). The molecule has 0 aromatic heterocycles. The van der Waals surface area contributed by atoms with Crippen LogP contribution >= 0.6 is 11.8 Å². The van der Waals surface area contributed by atoms with Gasteiger partial charge in [0.05, 0.1) is 0 Å². The quantitative estimate of drug-likeness (QED) is 0.639. The van der Waals surface area contributed by atoms with Gasteiger partial charge in [0, 0.05) is 17.0 Å². The van der Waals surface area contributed by atoms with Gasteiger partial charge in [0.25, 0.3) is 0 Å². The van der Waals surface area contributed by atoms with Crippen LogP contribution in [-0.2, 0) is 0 Å². The lowest BCUT2D eigenvalue weighted by atomic mass is 9.95. The number of hydrogen-bond donors (Lipinski definition) is 1. The van der Waals surface area contributed by atoms with Crippen molar-refractivity contribution in [1.82, 2.24) is 5.32 Å². The molecule has 116 valence electrons. The van der Waals surface area contributed by atoms with Crippen LogP contribution in [0.15, 0.2) is 11.6 Å². The van der Waals surface area contributed by atoms with Gasteiger partial charge in [-0.15, -0.1) is 0 Å². The summed E-state index contributed by atoms with van der Waals surface area (Å²) in [5.41, 5.74) is 1.73. The van der Waals surface area contributed by atoms with Gasteiger partial charge in [0.15, 0.2) is 0 Å². The predicted octanol–water partition coefficient (Wildman–Crippen LogP) is 5.31. The molecule has 1 nitrogen and oxygen atoms in total. The Balaban J connectivity index is 1.86. The Labute approximate surface area is 130 Å². The van der Waals surface area contributed by atoms with Crippen molar-refractivity contribution in [3.05, 3.63) is 11.6 Å². The molecule has 0 spiro atoms.